The van der Waals surface area contributed by atoms with Crippen molar-refractivity contribution in [3.8, 4) is 5.75 Å². The number of hydrogen-bond acceptors (Lipinski definition) is 2. The molecule has 0 saturated heterocycles. The zero-order valence-electron chi connectivity index (χ0n) is 7.48. The Hall–Kier alpha value is -0.580. The monoisotopic (exact) mass is 234 g/mol. The van der Waals surface area contributed by atoms with Crippen molar-refractivity contribution in [2.75, 3.05) is 12.5 Å². The van der Waals surface area contributed by atoms with E-state index in [0.29, 0.717) is 23.1 Å². The van der Waals surface area contributed by atoms with E-state index < -0.39 is 11.1 Å². The smallest absolute Gasteiger partial charge is 0.186 e. The number of alkyl halides is 1. The molecule has 3 nitrogen and oxygen atoms in total. The van der Waals surface area contributed by atoms with E-state index in [4.69, 9.17) is 20.9 Å². The minimum absolute atomic E-state index is 0.341. The minimum Gasteiger partial charge on any atom is -0.494 e. The van der Waals surface area contributed by atoms with Crippen LogP contribution >= 0.6 is 11.6 Å². The molecular weight excluding hydrogens is 224 g/mol. The van der Waals surface area contributed by atoms with Gasteiger partial charge < -0.3 is 9.29 Å². The Balaban J connectivity index is 2.59. The fourth-order valence-corrected chi connectivity index (χ4v) is 1.44. The van der Waals surface area contributed by atoms with Crippen molar-refractivity contribution >= 4 is 22.7 Å². The molecular formula is C9H11ClO3S. The molecule has 0 fully saturated rings. The lowest BCUT2D eigenvalue weighted by molar-refractivity contribution is 0.317. The summed E-state index contributed by atoms with van der Waals surface area (Å²) in [5.74, 6) is 1.14. The first-order chi connectivity index (χ1) is 6.74. The van der Waals surface area contributed by atoms with Crippen LogP contribution in [0, 0.1) is 0 Å². The standard InChI is InChI=1S/C9H11ClO3S/c10-5-2-6-13-8-3-1-4-9(7-8)14(11)12/h1,3-4,7H,2,5-6H2,(H,11,12). The topological polar surface area (TPSA) is 46.5 Å². The third-order valence-electron chi connectivity index (χ3n) is 1.55. The molecule has 0 aliphatic carbocycles. The number of ether oxygens (including phenoxy) is 1. The van der Waals surface area contributed by atoms with Gasteiger partial charge in [0.25, 0.3) is 0 Å². The largest absolute Gasteiger partial charge is 0.494 e. The van der Waals surface area contributed by atoms with Gasteiger partial charge in [0.05, 0.1) is 11.5 Å². The molecule has 1 atom stereocenters. The Morgan fingerprint density at radius 2 is 2.29 bits per heavy atom. The van der Waals surface area contributed by atoms with E-state index in [0.717, 1.165) is 6.42 Å². The maximum absolute atomic E-state index is 10.7. The highest BCUT2D eigenvalue weighted by molar-refractivity contribution is 7.79. The second kappa shape index (κ2) is 6.01. The quantitative estimate of drug-likeness (QED) is 0.483. The van der Waals surface area contributed by atoms with E-state index in [1.165, 1.54) is 0 Å². The zero-order valence-corrected chi connectivity index (χ0v) is 9.05. The summed E-state index contributed by atoms with van der Waals surface area (Å²) in [5, 5.41) is 0. The molecule has 0 bridgehead atoms. The third-order valence-corrected chi connectivity index (χ3v) is 2.48. The van der Waals surface area contributed by atoms with Crippen molar-refractivity contribution < 1.29 is 13.5 Å². The summed E-state index contributed by atoms with van der Waals surface area (Å²) in [6, 6.07) is 6.54. The normalized spacial score (nSPS) is 12.4. The predicted molar refractivity (Wildman–Crippen MR) is 56.3 cm³/mol. The summed E-state index contributed by atoms with van der Waals surface area (Å²) in [6.07, 6.45) is 0.758. The average molecular weight is 235 g/mol. The van der Waals surface area contributed by atoms with Crippen LogP contribution in [0.25, 0.3) is 0 Å². The Morgan fingerprint density at radius 3 is 2.93 bits per heavy atom. The summed E-state index contributed by atoms with van der Waals surface area (Å²) in [7, 11) is 0. The molecule has 0 aliphatic rings. The highest BCUT2D eigenvalue weighted by atomic mass is 35.5. The molecule has 78 valence electrons. The van der Waals surface area contributed by atoms with Crippen molar-refractivity contribution in [1.29, 1.82) is 0 Å². The summed E-state index contributed by atoms with van der Waals surface area (Å²) < 4.78 is 24.8. The molecule has 1 aromatic carbocycles. The van der Waals surface area contributed by atoms with Gasteiger partial charge in [0.1, 0.15) is 5.75 Å². The summed E-state index contributed by atoms with van der Waals surface area (Å²) in [4.78, 5) is 0.341. The van der Waals surface area contributed by atoms with Gasteiger partial charge in [-0.05, 0) is 24.6 Å². The summed E-state index contributed by atoms with van der Waals surface area (Å²) >= 11 is 3.53. The summed E-state index contributed by atoms with van der Waals surface area (Å²) in [5.41, 5.74) is 0. The van der Waals surface area contributed by atoms with Crippen LogP contribution in [-0.2, 0) is 11.1 Å². The van der Waals surface area contributed by atoms with Crippen LogP contribution in [0.3, 0.4) is 0 Å². The van der Waals surface area contributed by atoms with Gasteiger partial charge in [-0.15, -0.1) is 11.6 Å². The molecule has 1 rings (SSSR count). The molecule has 5 heteroatoms. The van der Waals surface area contributed by atoms with Gasteiger partial charge in [-0.25, -0.2) is 4.21 Å². The molecule has 1 unspecified atom stereocenters. The van der Waals surface area contributed by atoms with Crippen molar-refractivity contribution in [2.24, 2.45) is 0 Å². The number of rotatable bonds is 5. The zero-order chi connectivity index (χ0) is 10.4. The average Bonchev–Trinajstić information content (AvgIpc) is 2.19. The number of benzene rings is 1. The molecule has 0 radical (unpaired) electrons. The number of hydrogen-bond donors (Lipinski definition) is 1. The molecule has 0 amide bonds. The molecule has 0 aliphatic heterocycles. The first kappa shape index (κ1) is 11.5. The lowest BCUT2D eigenvalue weighted by Gasteiger charge is -2.05. The van der Waals surface area contributed by atoms with Crippen LogP contribution in [0.5, 0.6) is 5.75 Å². The Labute approximate surface area is 90.3 Å². The Kier molecular flexibility index (Phi) is 4.93. The van der Waals surface area contributed by atoms with Crippen LogP contribution in [0.15, 0.2) is 29.2 Å². The first-order valence-corrected chi connectivity index (χ1v) is 5.78. The van der Waals surface area contributed by atoms with E-state index in [2.05, 4.69) is 0 Å². The maximum Gasteiger partial charge on any atom is 0.186 e. The van der Waals surface area contributed by atoms with Gasteiger partial charge in [-0.3, -0.25) is 0 Å². The number of halogens is 1. The molecule has 0 saturated carbocycles. The fourth-order valence-electron chi connectivity index (χ4n) is 0.917. The van der Waals surface area contributed by atoms with Gasteiger partial charge in [-0.1, -0.05) is 6.07 Å². The minimum atomic E-state index is -1.95. The fraction of sp³-hybridized carbons (Fsp3) is 0.333. The van der Waals surface area contributed by atoms with E-state index in [1.54, 1.807) is 24.3 Å². The highest BCUT2D eigenvalue weighted by Crippen LogP contribution is 2.15. The van der Waals surface area contributed by atoms with E-state index in [-0.39, 0.29) is 0 Å². The van der Waals surface area contributed by atoms with Gasteiger partial charge >= 0.3 is 0 Å². The lowest BCUT2D eigenvalue weighted by Crippen LogP contribution is -1.98. The van der Waals surface area contributed by atoms with Crippen LogP contribution in [0.4, 0.5) is 0 Å². The van der Waals surface area contributed by atoms with Crippen LogP contribution in [0.1, 0.15) is 6.42 Å². The van der Waals surface area contributed by atoms with Crippen LogP contribution in [-0.4, -0.2) is 21.2 Å². The van der Waals surface area contributed by atoms with Crippen LogP contribution in [0.2, 0.25) is 0 Å². The van der Waals surface area contributed by atoms with Crippen LogP contribution < -0.4 is 4.74 Å². The second-order valence-electron chi connectivity index (χ2n) is 2.62. The molecule has 0 heterocycles. The maximum atomic E-state index is 10.7. The summed E-state index contributed by atoms with van der Waals surface area (Å²) in [6.45, 7) is 0.519. The molecule has 0 aromatic heterocycles. The van der Waals surface area contributed by atoms with Gasteiger partial charge in [-0.2, -0.15) is 0 Å². The van der Waals surface area contributed by atoms with Crippen molar-refractivity contribution in [3.63, 3.8) is 0 Å². The second-order valence-corrected chi connectivity index (χ2v) is 3.96. The Morgan fingerprint density at radius 1 is 1.50 bits per heavy atom. The lowest BCUT2D eigenvalue weighted by atomic mass is 10.3. The van der Waals surface area contributed by atoms with Crippen molar-refractivity contribution in [1.82, 2.24) is 0 Å². The van der Waals surface area contributed by atoms with E-state index in [9.17, 15) is 4.21 Å². The predicted octanol–water partition coefficient (Wildman–Crippen LogP) is 2.27. The molecule has 14 heavy (non-hydrogen) atoms. The SMILES string of the molecule is O=S(O)c1cccc(OCCCCl)c1. The Bertz CT molecular complexity index is 317. The van der Waals surface area contributed by atoms with Crippen molar-refractivity contribution in [2.45, 2.75) is 11.3 Å². The van der Waals surface area contributed by atoms with Gasteiger partial charge in [0.15, 0.2) is 11.1 Å². The highest BCUT2D eigenvalue weighted by Gasteiger charge is 2.01. The van der Waals surface area contributed by atoms with Gasteiger partial charge in [0.2, 0.25) is 0 Å². The molecule has 0 spiro atoms. The molecule has 1 N–H and O–H groups in total. The van der Waals surface area contributed by atoms with Gasteiger partial charge in [0, 0.05) is 5.88 Å². The molecule has 1 aromatic rings. The first-order valence-electron chi connectivity index (χ1n) is 4.13. The third kappa shape index (κ3) is 3.65. The van der Waals surface area contributed by atoms with E-state index >= 15 is 0 Å². The van der Waals surface area contributed by atoms with Crippen molar-refractivity contribution in [3.05, 3.63) is 24.3 Å². The van der Waals surface area contributed by atoms with E-state index in [1.807, 2.05) is 0 Å².